The molecule has 7 nitrogen and oxygen atoms in total. The van der Waals surface area contributed by atoms with Crippen molar-refractivity contribution in [3.63, 3.8) is 0 Å². The molecule has 0 N–H and O–H groups in total. The van der Waals surface area contributed by atoms with E-state index in [-0.39, 0.29) is 35.5 Å². The summed E-state index contributed by atoms with van der Waals surface area (Å²) < 4.78 is 10.6. The fourth-order valence-corrected chi connectivity index (χ4v) is 5.03. The number of fused-ring (bicyclic) bond motifs is 6. The van der Waals surface area contributed by atoms with E-state index >= 15 is 0 Å². The quantitative estimate of drug-likeness (QED) is 0.323. The van der Waals surface area contributed by atoms with Crippen molar-refractivity contribution in [1.29, 1.82) is 0 Å². The van der Waals surface area contributed by atoms with Crippen LogP contribution in [0.15, 0.2) is 53.7 Å². The smallest absolute Gasteiger partial charge is 0.346 e. The molecule has 7 heteroatoms. The van der Waals surface area contributed by atoms with Crippen LogP contribution in [0.5, 0.6) is 5.75 Å². The second-order valence-electron chi connectivity index (χ2n) is 8.21. The third-order valence-electron chi connectivity index (χ3n) is 6.52. The first-order valence-corrected chi connectivity index (χ1v) is 10.4. The van der Waals surface area contributed by atoms with Gasteiger partial charge in [0.15, 0.2) is 6.10 Å². The summed E-state index contributed by atoms with van der Waals surface area (Å²) in [4.78, 5) is 37.7. The summed E-state index contributed by atoms with van der Waals surface area (Å²) in [6.07, 6.45) is 5.63. The molecule has 2 fully saturated rings. The number of hydrogen-bond acceptors (Lipinski definition) is 6. The van der Waals surface area contributed by atoms with Crippen LogP contribution in [0.3, 0.4) is 0 Å². The van der Waals surface area contributed by atoms with Gasteiger partial charge in [-0.05, 0) is 42.0 Å². The van der Waals surface area contributed by atoms with Crippen LogP contribution >= 0.6 is 0 Å². The second kappa shape index (κ2) is 7.34. The number of nitrogens with zero attached hydrogens (tertiary/aromatic N) is 2. The first-order valence-electron chi connectivity index (χ1n) is 10.4. The average Bonchev–Trinajstić information content (AvgIpc) is 3.46. The summed E-state index contributed by atoms with van der Waals surface area (Å²) in [5.74, 6) is -0.918. The molecule has 2 bridgehead atoms. The van der Waals surface area contributed by atoms with Gasteiger partial charge in [0, 0.05) is 5.56 Å². The number of methoxy groups -OCH3 is 1. The summed E-state index contributed by atoms with van der Waals surface area (Å²) in [6.45, 7) is 1.60. The highest BCUT2D eigenvalue weighted by atomic mass is 16.6. The molecule has 31 heavy (non-hydrogen) atoms. The molecule has 0 aromatic heterocycles. The molecule has 5 atom stereocenters. The van der Waals surface area contributed by atoms with Gasteiger partial charge in [0.05, 0.1) is 25.2 Å². The zero-order valence-corrected chi connectivity index (χ0v) is 17.2. The lowest BCUT2D eigenvalue weighted by molar-refractivity contribution is -0.148. The standard InChI is InChI=1S/C24H22N2O5/c1-13(24(29)30-2)31-19-10-9-14-5-3-4-6-17(14)18(19)12-25-26-22(27)20-15-7-8-16(11-15)21(20)23(26)28/h3-10,12-13,15-16,20-21H,11H2,1-2H3. The number of benzene rings is 2. The van der Waals surface area contributed by atoms with Crippen LogP contribution < -0.4 is 4.74 Å². The molecule has 2 aromatic rings. The number of hydrogen-bond donors (Lipinski definition) is 0. The van der Waals surface area contributed by atoms with Gasteiger partial charge in [-0.25, -0.2) is 4.79 Å². The number of amides is 2. The van der Waals surface area contributed by atoms with E-state index in [2.05, 4.69) is 17.3 Å². The summed E-state index contributed by atoms with van der Waals surface area (Å²) in [6, 6.07) is 11.3. The minimum atomic E-state index is -0.825. The van der Waals surface area contributed by atoms with Crippen LogP contribution in [0, 0.1) is 23.7 Å². The van der Waals surface area contributed by atoms with Crippen LogP contribution in [0.25, 0.3) is 10.8 Å². The zero-order valence-electron chi connectivity index (χ0n) is 17.2. The Labute approximate surface area is 179 Å². The molecule has 158 valence electrons. The summed E-state index contributed by atoms with van der Waals surface area (Å²) in [7, 11) is 1.30. The number of ether oxygens (including phenoxy) is 2. The zero-order chi connectivity index (χ0) is 21.7. The number of rotatable bonds is 5. The highest BCUT2D eigenvalue weighted by Crippen LogP contribution is 2.52. The topological polar surface area (TPSA) is 85.3 Å². The highest BCUT2D eigenvalue weighted by molar-refractivity contribution is 6.08. The van der Waals surface area contributed by atoms with E-state index in [4.69, 9.17) is 9.47 Å². The molecule has 1 saturated heterocycles. The Kier molecular flexibility index (Phi) is 4.61. The molecule has 0 spiro atoms. The van der Waals surface area contributed by atoms with Gasteiger partial charge in [0.25, 0.3) is 11.8 Å². The maximum atomic E-state index is 12.9. The fourth-order valence-electron chi connectivity index (χ4n) is 5.03. The van der Waals surface area contributed by atoms with Crippen molar-refractivity contribution in [3.8, 4) is 5.75 Å². The molecule has 5 unspecified atom stereocenters. The van der Waals surface area contributed by atoms with E-state index in [1.165, 1.54) is 13.3 Å². The Morgan fingerprint density at radius 2 is 1.77 bits per heavy atom. The van der Waals surface area contributed by atoms with Crippen molar-refractivity contribution in [2.24, 2.45) is 28.8 Å². The Hall–Kier alpha value is -3.48. The van der Waals surface area contributed by atoms with Crippen molar-refractivity contribution in [1.82, 2.24) is 5.01 Å². The van der Waals surface area contributed by atoms with E-state index in [1.54, 1.807) is 13.0 Å². The molecule has 2 amide bonds. The third kappa shape index (κ3) is 3.03. The van der Waals surface area contributed by atoms with E-state index in [0.717, 1.165) is 22.2 Å². The SMILES string of the molecule is COC(=O)C(C)Oc1ccc2ccccc2c1C=NN1C(=O)C2C3C=CC(C3)C2C1=O. The molecule has 0 radical (unpaired) electrons. The fraction of sp³-hybridized carbons (Fsp3) is 0.333. The minimum Gasteiger partial charge on any atom is -0.478 e. The minimum absolute atomic E-state index is 0.129. The maximum Gasteiger partial charge on any atom is 0.346 e. The summed E-state index contributed by atoms with van der Waals surface area (Å²) in [5.41, 5.74) is 0.590. The van der Waals surface area contributed by atoms with Crippen LogP contribution in [0.1, 0.15) is 18.9 Å². The molecule has 2 aliphatic carbocycles. The molecule has 5 rings (SSSR count). The molecular formula is C24H22N2O5. The molecule has 1 heterocycles. The van der Waals surface area contributed by atoms with Crippen molar-refractivity contribution in [3.05, 3.63) is 54.1 Å². The Morgan fingerprint density at radius 1 is 1.10 bits per heavy atom. The summed E-state index contributed by atoms with van der Waals surface area (Å²) >= 11 is 0. The lowest BCUT2D eigenvalue weighted by Crippen LogP contribution is -2.28. The van der Waals surface area contributed by atoms with E-state index in [9.17, 15) is 14.4 Å². The average molecular weight is 418 g/mol. The van der Waals surface area contributed by atoms with Crippen molar-refractivity contribution in [2.75, 3.05) is 7.11 Å². The van der Waals surface area contributed by atoms with Gasteiger partial charge in [0.2, 0.25) is 0 Å². The normalized spacial score (nSPS) is 27.4. The van der Waals surface area contributed by atoms with Crippen molar-refractivity contribution in [2.45, 2.75) is 19.4 Å². The monoisotopic (exact) mass is 418 g/mol. The van der Waals surface area contributed by atoms with E-state index in [1.807, 2.05) is 30.3 Å². The maximum absolute atomic E-state index is 12.9. The predicted octanol–water partition coefficient (Wildman–Crippen LogP) is 2.92. The van der Waals surface area contributed by atoms with Gasteiger partial charge in [-0.3, -0.25) is 9.59 Å². The lowest BCUT2D eigenvalue weighted by Gasteiger charge is -2.16. The van der Waals surface area contributed by atoms with Gasteiger partial charge in [0.1, 0.15) is 5.75 Å². The van der Waals surface area contributed by atoms with E-state index in [0.29, 0.717) is 11.3 Å². The van der Waals surface area contributed by atoms with Crippen LogP contribution in [0.2, 0.25) is 0 Å². The second-order valence-corrected chi connectivity index (χ2v) is 8.21. The molecule has 1 aliphatic heterocycles. The summed E-state index contributed by atoms with van der Waals surface area (Å²) in [5, 5.41) is 7.09. The molecule has 3 aliphatic rings. The number of carbonyl (C=O) groups is 3. The number of esters is 1. The largest absolute Gasteiger partial charge is 0.478 e. The van der Waals surface area contributed by atoms with Gasteiger partial charge < -0.3 is 9.47 Å². The van der Waals surface area contributed by atoms with Crippen molar-refractivity contribution >= 4 is 34.8 Å². The van der Waals surface area contributed by atoms with Crippen molar-refractivity contribution < 1.29 is 23.9 Å². The predicted molar refractivity (Wildman–Crippen MR) is 113 cm³/mol. The van der Waals surface area contributed by atoms with Gasteiger partial charge in [-0.15, -0.1) is 0 Å². The number of hydrazone groups is 1. The number of allylic oxidation sites excluding steroid dienone is 2. The number of imide groups is 1. The van der Waals surface area contributed by atoms with Gasteiger partial charge in [-0.1, -0.05) is 42.5 Å². The van der Waals surface area contributed by atoms with Crippen LogP contribution in [-0.2, 0) is 19.1 Å². The van der Waals surface area contributed by atoms with Crippen LogP contribution in [0.4, 0.5) is 0 Å². The first kappa shape index (κ1) is 19.5. The first-order chi connectivity index (χ1) is 15.0. The van der Waals surface area contributed by atoms with Gasteiger partial charge >= 0.3 is 5.97 Å². The Morgan fingerprint density at radius 3 is 2.45 bits per heavy atom. The Balaban J connectivity index is 1.50. The molecular weight excluding hydrogens is 396 g/mol. The molecule has 2 aromatic carbocycles. The third-order valence-corrected chi connectivity index (χ3v) is 6.52. The van der Waals surface area contributed by atoms with E-state index < -0.39 is 12.1 Å². The van der Waals surface area contributed by atoms with Gasteiger partial charge in [-0.2, -0.15) is 10.1 Å². The number of carbonyl (C=O) groups excluding carboxylic acids is 3. The molecule has 1 saturated carbocycles. The highest BCUT2D eigenvalue weighted by Gasteiger charge is 2.59. The Bertz CT molecular complexity index is 1120. The lowest BCUT2D eigenvalue weighted by atomic mass is 9.85. The van der Waals surface area contributed by atoms with Crippen LogP contribution in [-0.4, -0.2) is 42.2 Å².